The molecule has 3 rings (SSSR count). The van der Waals surface area contributed by atoms with Crippen molar-refractivity contribution in [3.63, 3.8) is 0 Å². The molecule has 0 N–H and O–H groups in total. The van der Waals surface area contributed by atoms with Crippen LogP contribution >= 0.6 is 0 Å². The third-order valence-electron chi connectivity index (χ3n) is 5.80. The quantitative estimate of drug-likeness (QED) is 0.484. The van der Waals surface area contributed by atoms with Crippen molar-refractivity contribution < 1.29 is 0 Å². The zero-order chi connectivity index (χ0) is 12.3. The Morgan fingerprint density at radius 1 is 0.765 bits per heavy atom. The van der Waals surface area contributed by atoms with Gasteiger partial charge in [-0.25, -0.2) is 0 Å². The molecule has 1 saturated heterocycles. The molecule has 1 heterocycles. The van der Waals surface area contributed by atoms with Crippen molar-refractivity contribution in [3.8, 4) is 0 Å². The summed E-state index contributed by atoms with van der Waals surface area (Å²) in [6, 6.07) is 0. The number of hydrogen-bond donors (Lipinski definition) is 0. The summed E-state index contributed by atoms with van der Waals surface area (Å²) in [5.41, 5.74) is 0. The van der Waals surface area contributed by atoms with Gasteiger partial charge in [0.15, 0.2) is 0 Å². The molecule has 0 aromatic rings. The van der Waals surface area contributed by atoms with Gasteiger partial charge < -0.3 is 0 Å². The van der Waals surface area contributed by atoms with E-state index in [1.807, 2.05) is 13.8 Å². The topological polar surface area (TPSA) is 0 Å². The SMILES string of the molecule is CB1CC2CCCCC2C2CCCCC12.CC. The minimum atomic E-state index is 1.05. The van der Waals surface area contributed by atoms with Crippen LogP contribution in [0.2, 0.25) is 19.0 Å². The Balaban J connectivity index is 0.000000514. The summed E-state index contributed by atoms with van der Waals surface area (Å²) in [5, 5.41) is 0. The van der Waals surface area contributed by atoms with Crippen molar-refractivity contribution in [2.24, 2.45) is 17.8 Å². The van der Waals surface area contributed by atoms with Gasteiger partial charge in [0.2, 0.25) is 0 Å². The van der Waals surface area contributed by atoms with Crippen LogP contribution in [-0.4, -0.2) is 6.71 Å². The van der Waals surface area contributed by atoms with Gasteiger partial charge in [-0.15, -0.1) is 0 Å². The van der Waals surface area contributed by atoms with Crippen molar-refractivity contribution in [2.45, 2.75) is 84.2 Å². The molecule has 0 radical (unpaired) electrons. The second-order valence-corrected chi connectivity index (χ2v) is 6.53. The Bertz CT molecular complexity index is 226. The molecule has 0 spiro atoms. The molecule has 0 amide bonds. The van der Waals surface area contributed by atoms with E-state index in [1.54, 1.807) is 38.4 Å². The van der Waals surface area contributed by atoms with Gasteiger partial charge >= 0.3 is 0 Å². The molecule has 0 aromatic carbocycles. The van der Waals surface area contributed by atoms with Crippen LogP contribution in [0.4, 0.5) is 0 Å². The van der Waals surface area contributed by atoms with E-state index in [9.17, 15) is 0 Å². The molecule has 1 aliphatic heterocycles. The maximum atomic E-state index is 2.55. The van der Waals surface area contributed by atoms with Crippen molar-refractivity contribution in [1.29, 1.82) is 0 Å². The van der Waals surface area contributed by atoms with Crippen molar-refractivity contribution >= 4 is 6.71 Å². The van der Waals surface area contributed by atoms with E-state index >= 15 is 0 Å². The Morgan fingerprint density at radius 3 is 2.12 bits per heavy atom. The Morgan fingerprint density at radius 2 is 1.35 bits per heavy atom. The summed E-state index contributed by atoms with van der Waals surface area (Å²) in [6.45, 7) is 7.60. The molecular formula is C16H31B. The predicted octanol–water partition coefficient (Wildman–Crippen LogP) is 5.52. The number of fused-ring (bicyclic) bond motifs is 3. The van der Waals surface area contributed by atoms with Gasteiger partial charge in [-0.05, 0) is 24.2 Å². The van der Waals surface area contributed by atoms with E-state index < -0.39 is 0 Å². The molecule has 4 unspecified atom stereocenters. The summed E-state index contributed by atoms with van der Waals surface area (Å²) in [7, 11) is 0. The summed E-state index contributed by atoms with van der Waals surface area (Å²) >= 11 is 0. The lowest BCUT2D eigenvalue weighted by Crippen LogP contribution is -2.43. The Kier molecular flexibility index (Phi) is 5.00. The van der Waals surface area contributed by atoms with Gasteiger partial charge in [0.05, 0.1) is 0 Å². The average molecular weight is 234 g/mol. The smallest absolute Gasteiger partial charge is 0.0858 e. The zero-order valence-electron chi connectivity index (χ0n) is 12.3. The third-order valence-corrected chi connectivity index (χ3v) is 5.80. The first-order valence-electron chi connectivity index (χ1n) is 8.36. The van der Waals surface area contributed by atoms with Crippen LogP contribution < -0.4 is 0 Å². The van der Waals surface area contributed by atoms with E-state index in [2.05, 4.69) is 6.82 Å². The van der Waals surface area contributed by atoms with Gasteiger partial charge in [0.1, 0.15) is 6.71 Å². The van der Waals surface area contributed by atoms with Gasteiger partial charge in [-0.2, -0.15) is 0 Å². The lowest BCUT2D eigenvalue weighted by atomic mass is 9.29. The van der Waals surface area contributed by atoms with Gasteiger partial charge in [-0.3, -0.25) is 0 Å². The summed E-state index contributed by atoms with van der Waals surface area (Å²) in [5.74, 6) is 4.55. The average Bonchev–Trinajstić information content (AvgIpc) is 2.42. The number of rotatable bonds is 0. The molecule has 0 bridgehead atoms. The highest BCUT2D eigenvalue weighted by Crippen LogP contribution is 2.53. The first kappa shape index (κ1) is 13.5. The highest BCUT2D eigenvalue weighted by atomic mass is 14.4. The van der Waals surface area contributed by atoms with Crippen molar-refractivity contribution in [1.82, 2.24) is 0 Å². The van der Waals surface area contributed by atoms with E-state index in [0.29, 0.717) is 0 Å². The van der Waals surface area contributed by atoms with Crippen LogP contribution in [0.1, 0.15) is 65.2 Å². The van der Waals surface area contributed by atoms with E-state index in [0.717, 1.165) is 30.3 Å². The molecule has 98 valence electrons. The minimum absolute atomic E-state index is 1.05. The maximum Gasteiger partial charge on any atom is 0.140 e. The van der Waals surface area contributed by atoms with Crippen LogP contribution in [0.3, 0.4) is 0 Å². The predicted molar refractivity (Wildman–Crippen MR) is 78.9 cm³/mol. The normalized spacial score (nSPS) is 40.8. The summed E-state index contributed by atoms with van der Waals surface area (Å²) in [6.07, 6.45) is 14.0. The van der Waals surface area contributed by atoms with Crippen molar-refractivity contribution in [2.75, 3.05) is 0 Å². The summed E-state index contributed by atoms with van der Waals surface area (Å²) in [4.78, 5) is 0. The standard InChI is InChI=1S/C14H25B.C2H6/c1-15-10-11-6-2-3-7-12(11)13-8-4-5-9-14(13)15;1-2/h11-14H,2-10H2,1H3;1-2H3. The van der Waals surface area contributed by atoms with Crippen LogP contribution in [-0.2, 0) is 0 Å². The fourth-order valence-electron chi connectivity index (χ4n) is 5.17. The van der Waals surface area contributed by atoms with E-state index in [-0.39, 0.29) is 0 Å². The van der Waals surface area contributed by atoms with Gasteiger partial charge in [-0.1, -0.05) is 77.8 Å². The number of hydrogen-bond acceptors (Lipinski definition) is 0. The molecule has 1 heteroatoms. The van der Waals surface area contributed by atoms with Crippen molar-refractivity contribution in [3.05, 3.63) is 0 Å². The third kappa shape index (κ3) is 2.74. The Hall–Kier alpha value is 0.0649. The van der Waals surface area contributed by atoms with E-state index in [4.69, 9.17) is 0 Å². The highest BCUT2D eigenvalue weighted by Gasteiger charge is 2.45. The summed E-state index contributed by atoms with van der Waals surface area (Å²) < 4.78 is 0. The lowest BCUT2D eigenvalue weighted by molar-refractivity contribution is 0.123. The highest BCUT2D eigenvalue weighted by molar-refractivity contribution is 6.59. The largest absolute Gasteiger partial charge is 0.140 e. The zero-order valence-corrected chi connectivity index (χ0v) is 12.3. The van der Waals surface area contributed by atoms with E-state index in [1.165, 1.54) is 19.3 Å². The fourth-order valence-corrected chi connectivity index (χ4v) is 5.17. The first-order chi connectivity index (χ1) is 8.36. The van der Waals surface area contributed by atoms with Crippen LogP contribution in [0.15, 0.2) is 0 Å². The Labute approximate surface area is 109 Å². The van der Waals surface area contributed by atoms with Gasteiger partial charge in [0.25, 0.3) is 0 Å². The monoisotopic (exact) mass is 234 g/mol. The van der Waals surface area contributed by atoms with Gasteiger partial charge in [0, 0.05) is 0 Å². The molecule has 0 nitrogen and oxygen atoms in total. The minimum Gasteiger partial charge on any atom is -0.0858 e. The molecular weight excluding hydrogens is 203 g/mol. The fraction of sp³-hybridized carbons (Fsp3) is 1.00. The lowest BCUT2D eigenvalue weighted by Gasteiger charge is -2.50. The molecule has 2 saturated carbocycles. The molecule has 2 aliphatic carbocycles. The van der Waals surface area contributed by atoms with Crippen LogP contribution in [0, 0.1) is 17.8 Å². The molecule has 3 fully saturated rings. The van der Waals surface area contributed by atoms with Crippen LogP contribution in [0.5, 0.6) is 0 Å². The second-order valence-electron chi connectivity index (χ2n) is 6.53. The molecule has 0 aromatic heterocycles. The molecule has 17 heavy (non-hydrogen) atoms. The molecule has 3 aliphatic rings. The van der Waals surface area contributed by atoms with Crippen LogP contribution in [0.25, 0.3) is 0 Å². The first-order valence-corrected chi connectivity index (χ1v) is 8.36. The maximum absolute atomic E-state index is 2.55. The molecule has 4 atom stereocenters. The second kappa shape index (κ2) is 6.30.